The van der Waals surface area contributed by atoms with Gasteiger partial charge in [0.15, 0.2) is 0 Å². The van der Waals surface area contributed by atoms with E-state index in [0.29, 0.717) is 0 Å². The van der Waals surface area contributed by atoms with Crippen molar-refractivity contribution in [2.45, 2.75) is 38.1 Å². The third kappa shape index (κ3) is 2.19. The van der Waals surface area contributed by atoms with Crippen molar-refractivity contribution in [2.24, 2.45) is 5.73 Å². The normalized spacial score (nSPS) is 22.9. The van der Waals surface area contributed by atoms with Gasteiger partial charge >= 0.3 is 0 Å². The molecule has 0 aliphatic heterocycles. The summed E-state index contributed by atoms with van der Waals surface area (Å²) in [7, 11) is 0. The van der Waals surface area contributed by atoms with Gasteiger partial charge in [0.25, 0.3) is 0 Å². The molecule has 0 unspecified atom stereocenters. The minimum absolute atomic E-state index is 0.214. The molecule has 0 aromatic rings. The summed E-state index contributed by atoms with van der Waals surface area (Å²) in [5.74, 6) is 0. The fourth-order valence-corrected chi connectivity index (χ4v) is 0.849. The van der Waals surface area contributed by atoms with Gasteiger partial charge in [0.05, 0.1) is 0 Å². The molecule has 0 aromatic carbocycles. The van der Waals surface area contributed by atoms with Gasteiger partial charge < -0.3 is 5.73 Å². The molecule has 0 aromatic heterocycles. The van der Waals surface area contributed by atoms with Gasteiger partial charge in [0.1, 0.15) is 0 Å². The van der Waals surface area contributed by atoms with Gasteiger partial charge in [-0.3, -0.25) is 0 Å². The molecule has 9 heavy (non-hydrogen) atoms. The molecule has 0 spiro atoms. The Morgan fingerprint density at radius 1 is 1.44 bits per heavy atom. The van der Waals surface area contributed by atoms with Gasteiger partial charge in [-0.1, -0.05) is 19.1 Å². The molecule has 0 radical (unpaired) electrons. The van der Waals surface area contributed by atoms with E-state index in [1.165, 1.54) is 12.8 Å². The Morgan fingerprint density at radius 3 is 2.56 bits per heavy atom. The van der Waals surface area contributed by atoms with Crippen LogP contribution in [0.3, 0.4) is 0 Å². The standard InChI is InChI=1S/C8H15N/c1-2-3-4-5-8(9)6-7-8/h3-4H,2,5-7,9H2,1H3/b4-3+. The summed E-state index contributed by atoms with van der Waals surface area (Å²) in [4.78, 5) is 0. The van der Waals surface area contributed by atoms with Gasteiger partial charge in [0, 0.05) is 5.54 Å². The van der Waals surface area contributed by atoms with E-state index in [9.17, 15) is 0 Å². The van der Waals surface area contributed by atoms with Crippen LogP contribution in [0.1, 0.15) is 32.6 Å². The van der Waals surface area contributed by atoms with E-state index in [0.717, 1.165) is 12.8 Å². The molecule has 0 heterocycles. The topological polar surface area (TPSA) is 26.0 Å². The van der Waals surface area contributed by atoms with Crippen LogP contribution in [0.2, 0.25) is 0 Å². The summed E-state index contributed by atoms with van der Waals surface area (Å²) in [6.07, 6.45) is 9.05. The molecular weight excluding hydrogens is 110 g/mol. The zero-order valence-corrected chi connectivity index (χ0v) is 6.06. The van der Waals surface area contributed by atoms with Gasteiger partial charge in [-0.15, -0.1) is 0 Å². The minimum Gasteiger partial charge on any atom is -0.325 e. The van der Waals surface area contributed by atoms with E-state index < -0.39 is 0 Å². The molecule has 1 saturated carbocycles. The molecule has 2 N–H and O–H groups in total. The predicted molar refractivity (Wildman–Crippen MR) is 40.2 cm³/mol. The average molecular weight is 125 g/mol. The van der Waals surface area contributed by atoms with E-state index >= 15 is 0 Å². The molecule has 0 bridgehead atoms. The molecule has 0 saturated heterocycles. The average Bonchev–Trinajstić information content (AvgIpc) is 2.50. The van der Waals surface area contributed by atoms with Gasteiger partial charge in [-0.25, -0.2) is 0 Å². The number of hydrogen-bond acceptors (Lipinski definition) is 1. The fourth-order valence-electron chi connectivity index (χ4n) is 0.849. The molecule has 52 valence electrons. The Balaban J connectivity index is 2.11. The first-order valence-corrected chi connectivity index (χ1v) is 3.71. The highest BCUT2D eigenvalue weighted by molar-refractivity contribution is 5.04. The Kier molecular flexibility index (Phi) is 1.91. The molecule has 0 atom stereocenters. The van der Waals surface area contributed by atoms with Gasteiger partial charge in [0.2, 0.25) is 0 Å². The predicted octanol–water partition coefficient (Wildman–Crippen LogP) is 1.83. The van der Waals surface area contributed by atoms with Gasteiger partial charge in [-0.2, -0.15) is 0 Å². The maximum absolute atomic E-state index is 5.84. The van der Waals surface area contributed by atoms with Crippen LogP contribution in [0, 0.1) is 0 Å². The van der Waals surface area contributed by atoms with Crippen molar-refractivity contribution in [3.8, 4) is 0 Å². The van der Waals surface area contributed by atoms with E-state index in [-0.39, 0.29) is 5.54 Å². The zero-order chi connectivity index (χ0) is 6.74. The number of nitrogens with two attached hydrogens (primary N) is 1. The summed E-state index contributed by atoms with van der Waals surface area (Å²) < 4.78 is 0. The van der Waals surface area contributed by atoms with Crippen molar-refractivity contribution in [1.82, 2.24) is 0 Å². The third-order valence-corrected chi connectivity index (χ3v) is 1.82. The maximum Gasteiger partial charge on any atom is 0.0190 e. The molecular formula is C8H15N. The summed E-state index contributed by atoms with van der Waals surface area (Å²) >= 11 is 0. The first-order valence-electron chi connectivity index (χ1n) is 3.71. The maximum atomic E-state index is 5.84. The molecule has 1 aliphatic carbocycles. The molecule has 0 amide bonds. The van der Waals surface area contributed by atoms with Crippen LogP contribution in [0.15, 0.2) is 12.2 Å². The lowest BCUT2D eigenvalue weighted by molar-refractivity contribution is 0.688. The smallest absolute Gasteiger partial charge is 0.0190 e. The Bertz CT molecular complexity index is 112. The summed E-state index contributed by atoms with van der Waals surface area (Å²) in [6, 6.07) is 0. The van der Waals surface area contributed by atoms with Crippen molar-refractivity contribution in [2.75, 3.05) is 0 Å². The lowest BCUT2D eigenvalue weighted by atomic mass is 10.2. The van der Waals surface area contributed by atoms with Crippen LogP contribution in [0.4, 0.5) is 0 Å². The molecule has 1 heteroatoms. The van der Waals surface area contributed by atoms with E-state index in [1.54, 1.807) is 0 Å². The van der Waals surface area contributed by atoms with Crippen LogP contribution in [0.5, 0.6) is 0 Å². The van der Waals surface area contributed by atoms with Crippen LogP contribution >= 0.6 is 0 Å². The monoisotopic (exact) mass is 125 g/mol. The second-order valence-electron chi connectivity index (χ2n) is 2.95. The lowest BCUT2D eigenvalue weighted by Gasteiger charge is -2.00. The number of rotatable bonds is 3. The quantitative estimate of drug-likeness (QED) is 0.572. The zero-order valence-electron chi connectivity index (χ0n) is 6.06. The van der Waals surface area contributed by atoms with Crippen molar-refractivity contribution < 1.29 is 0 Å². The first kappa shape index (κ1) is 6.81. The van der Waals surface area contributed by atoms with Gasteiger partial charge in [-0.05, 0) is 25.7 Å². The largest absolute Gasteiger partial charge is 0.325 e. The molecule has 1 nitrogen and oxygen atoms in total. The van der Waals surface area contributed by atoms with E-state index in [2.05, 4.69) is 19.1 Å². The Morgan fingerprint density at radius 2 is 2.11 bits per heavy atom. The minimum atomic E-state index is 0.214. The SMILES string of the molecule is CC/C=C/CC1(N)CC1. The summed E-state index contributed by atoms with van der Waals surface area (Å²) in [5, 5.41) is 0. The van der Waals surface area contributed by atoms with Crippen LogP contribution in [0.25, 0.3) is 0 Å². The molecule has 1 aliphatic rings. The Labute approximate surface area is 56.9 Å². The molecule has 1 rings (SSSR count). The number of allylic oxidation sites excluding steroid dienone is 1. The van der Waals surface area contributed by atoms with Crippen molar-refractivity contribution in [3.63, 3.8) is 0 Å². The molecule has 1 fully saturated rings. The van der Waals surface area contributed by atoms with Crippen LogP contribution in [-0.4, -0.2) is 5.54 Å². The third-order valence-electron chi connectivity index (χ3n) is 1.82. The highest BCUT2D eigenvalue weighted by atomic mass is 14.8. The highest BCUT2D eigenvalue weighted by Gasteiger charge is 2.36. The number of hydrogen-bond donors (Lipinski definition) is 1. The van der Waals surface area contributed by atoms with E-state index in [1.807, 2.05) is 0 Å². The summed E-state index contributed by atoms with van der Waals surface area (Å²) in [5.41, 5.74) is 6.05. The second kappa shape index (κ2) is 2.53. The van der Waals surface area contributed by atoms with E-state index in [4.69, 9.17) is 5.73 Å². The Hall–Kier alpha value is -0.300. The fraction of sp³-hybridized carbons (Fsp3) is 0.750. The summed E-state index contributed by atoms with van der Waals surface area (Å²) in [6.45, 7) is 2.15. The van der Waals surface area contributed by atoms with Crippen molar-refractivity contribution in [3.05, 3.63) is 12.2 Å². The van der Waals surface area contributed by atoms with Crippen molar-refractivity contribution in [1.29, 1.82) is 0 Å². The van der Waals surface area contributed by atoms with Crippen LogP contribution in [-0.2, 0) is 0 Å². The lowest BCUT2D eigenvalue weighted by Crippen LogP contribution is -2.19. The first-order chi connectivity index (χ1) is 4.27. The highest BCUT2D eigenvalue weighted by Crippen LogP contribution is 2.35. The van der Waals surface area contributed by atoms with Crippen molar-refractivity contribution >= 4 is 0 Å². The second-order valence-corrected chi connectivity index (χ2v) is 2.95. The van der Waals surface area contributed by atoms with Crippen LogP contribution < -0.4 is 5.73 Å².